The zero-order valence-corrected chi connectivity index (χ0v) is 9.97. The minimum Gasteiger partial charge on any atom is -0.478 e. The molecule has 4 nitrogen and oxygen atoms in total. The van der Waals surface area contributed by atoms with Gasteiger partial charge in [0.1, 0.15) is 12.0 Å². The zero-order chi connectivity index (χ0) is 11.6. The molecule has 0 aromatic carbocycles. The SMILES string of the molecule is CSC1(CNCc2cc(C(=O)O)co2)CC1. The molecule has 1 aromatic heterocycles. The van der Waals surface area contributed by atoms with Gasteiger partial charge in [0.2, 0.25) is 0 Å². The molecule has 0 saturated heterocycles. The average molecular weight is 241 g/mol. The number of hydrogen-bond donors (Lipinski definition) is 2. The van der Waals surface area contributed by atoms with E-state index in [2.05, 4.69) is 11.6 Å². The molecule has 2 rings (SSSR count). The van der Waals surface area contributed by atoms with Crippen molar-refractivity contribution in [1.82, 2.24) is 5.32 Å². The van der Waals surface area contributed by atoms with Gasteiger partial charge < -0.3 is 14.8 Å². The van der Waals surface area contributed by atoms with E-state index in [9.17, 15) is 4.79 Å². The zero-order valence-electron chi connectivity index (χ0n) is 9.16. The monoisotopic (exact) mass is 241 g/mol. The Morgan fingerprint density at radius 2 is 2.44 bits per heavy atom. The second-order valence-electron chi connectivity index (χ2n) is 4.10. The van der Waals surface area contributed by atoms with E-state index < -0.39 is 5.97 Å². The third-order valence-electron chi connectivity index (χ3n) is 2.89. The van der Waals surface area contributed by atoms with Crippen molar-refractivity contribution in [1.29, 1.82) is 0 Å². The summed E-state index contributed by atoms with van der Waals surface area (Å²) in [5.74, 6) is -0.271. The van der Waals surface area contributed by atoms with Gasteiger partial charge in [-0.3, -0.25) is 0 Å². The number of aromatic carboxylic acids is 1. The van der Waals surface area contributed by atoms with Gasteiger partial charge in [-0.15, -0.1) is 0 Å². The predicted octanol–water partition coefficient (Wildman–Crippen LogP) is 1.96. The van der Waals surface area contributed by atoms with E-state index in [1.165, 1.54) is 19.1 Å². The lowest BCUT2D eigenvalue weighted by atomic mass is 10.3. The number of nitrogens with one attached hydrogen (secondary N) is 1. The number of carboxylic acid groups (broad SMARTS) is 1. The van der Waals surface area contributed by atoms with Crippen LogP contribution < -0.4 is 5.32 Å². The summed E-state index contributed by atoms with van der Waals surface area (Å²) >= 11 is 1.90. The molecular formula is C11H15NO3S. The molecule has 88 valence electrons. The van der Waals surface area contributed by atoms with E-state index in [1.807, 2.05) is 11.8 Å². The molecule has 1 aliphatic rings. The van der Waals surface area contributed by atoms with Crippen molar-refractivity contribution in [3.8, 4) is 0 Å². The summed E-state index contributed by atoms with van der Waals surface area (Å²) in [4.78, 5) is 10.6. The maximum Gasteiger partial charge on any atom is 0.338 e. The second kappa shape index (κ2) is 4.51. The molecule has 0 bridgehead atoms. The fraction of sp³-hybridized carbons (Fsp3) is 0.545. The topological polar surface area (TPSA) is 62.5 Å². The van der Waals surface area contributed by atoms with Crippen LogP contribution in [-0.2, 0) is 6.54 Å². The lowest BCUT2D eigenvalue weighted by Crippen LogP contribution is -2.25. The van der Waals surface area contributed by atoms with Crippen LogP contribution in [0.25, 0.3) is 0 Å². The molecule has 5 heteroatoms. The third kappa shape index (κ3) is 2.59. The summed E-state index contributed by atoms with van der Waals surface area (Å²) in [5.41, 5.74) is 0.211. The summed E-state index contributed by atoms with van der Waals surface area (Å²) in [5, 5.41) is 12.0. The number of carboxylic acids is 1. The van der Waals surface area contributed by atoms with E-state index in [-0.39, 0.29) is 5.56 Å². The van der Waals surface area contributed by atoms with Gasteiger partial charge in [0.15, 0.2) is 0 Å². The molecule has 1 fully saturated rings. The van der Waals surface area contributed by atoms with Crippen molar-refractivity contribution in [2.75, 3.05) is 12.8 Å². The van der Waals surface area contributed by atoms with Gasteiger partial charge in [0.25, 0.3) is 0 Å². The lowest BCUT2D eigenvalue weighted by molar-refractivity contribution is 0.0696. The molecule has 1 aromatic rings. The van der Waals surface area contributed by atoms with Crippen molar-refractivity contribution in [2.24, 2.45) is 0 Å². The highest BCUT2D eigenvalue weighted by atomic mass is 32.2. The van der Waals surface area contributed by atoms with Crippen molar-refractivity contribution in [3.63, 3.8) is 0 Å². The van der Waals surface area contributed by atoms with Gasteiger partial charge in [-0.05, 0) is 25.2 Å². The van der Waals surface area contributed by atoms with E-state index in [1.54, 1.807) is 6.07 Å². The van der Waals surface area contributed by atoms with Crippen molar-refractivity contribution in [3.05, 3.63) is 23.7 Å². The Balaban J connectivity index is 1.79. The van der Waals surface area contributed by atoms with Gasteiger partial charge in [-0.1, -0.05) is 0 Å². The minimum atomic E-state index is -0.947. The molecule has 0 unspecified atom stereocenters. The fourth-order valence-corrected chi connectivity index (χ4v) is 2.35. The van der Waals surface area contributed by atoms with Crippen LogP contribution in [0.15, 0.2) is 16.7 Å². The molecule has 0 atom stereocenters. The quantitative estimate of drug-likeness (QED) is 0.797. The first-order valence-corrected chi connectivity index (χ1v) is 6.44. The molecule has 1 aliphatic carbocycles. The average Bonchev–Trinajstić information content (AvgIpc) is 2.88. The Bertz CT molecular complexity index is 384. The summed E-state index contributed by atoms with van der Waals surface area (Å²) in [6.45, 7) is 1.55. The van der Waals surface area contributed by atoms with Crippen molar-refractivity contribution < 1.29 is 14.3 Å². The maximum absolute atomic E-state index is 10.6. The lowest BCUT2D eigenvalue weighted by Gasteiger charge is -2.11. The van der Waals surface area contributed by atoms with Crippen LogP contribution >= 0.6 is 11.8 Å². The van der Waals surface area contributed by atoms with Crippen LogP contribution in [-0.4, -0.2) is 28.6 Å². The van der Waals surface area contributed by atoms with E-state index in [0.29, 0.717) is 17.1 Å². The molecule has 1 saturated carbocycles. The minimum absolute atomic E-state index is 0.211. The van der Waals surface area contributed by atoms with Gasteiger partial charge in [-0.25, -0.2) is 4.79 Å². The highest BCUT2D eigenvalue weighted by Crippen LogP contribution is 2.46. The Hall–Kier alpha value is -0.940. The van der Waals surface area contributed by atoms with Gasteiger partial charge in [0.05, 0.1) is 12.1 Å². The summed E-state index contributed by atoms with van der Waals surface area (Å²) in [6.07, 6.45) is 5.93. The van der Waals surface area contributed by atoms with Crippen LogP contribution in [0.2, 0.25) is 0 Å². The number of carbonyl (C=O) groups is 1. The highest BCUT2D eigenvalue weighted by molar-refractivity contribution is 8.00. The molecular weight excluding hydrogens is 226 g/mol. The standard InChI is InChI=1S/C11H15NO3S/c1-16-11(2-3-11)7-12-5-9-4-8(6-15-9)10(13)14/h4,6,12H,2-3,5,7H2,1H3,(H,13,14). The van der Waals surface area contributed by atoms with Crippen LogP contribution in [0.4, 0.5) is 0 Å². The normalized spacial score (nSPS) is 17.3. The smallest absolute Gasteiger partial charge is 0.338 e. The van der Waals surface area contributed by atoms with E-state index in [0.717, 1.165) is 6.54 Å². The highest BCUT2D eigenvalue weighted by Gasteiger charge is 2.41. The van der Waals surface area contributed by atoms with E-state index >= 15 is 0 Å². The Morgan fingerprint density at radius 3 is 2.94 bits per heavy atom. The largest absolute Gasteiger partial charge is 0.478 e. The maximum atomic E-state index is 10.6. The summed E-state index contributed by atoms with van der Waals surface area (Å²) in [6, 6.07) is 1.56. The first kappa shape index (κ1) is 11.5. The number of thioether (sulfide) groups is 1. The third-order valence-corrected chi connectivity index (χ3v) is 4.31. The Labute approximate surface area is 98.4 Å². The molecule has 0 spiro atoms. The Morgan fingerprint density at radius 1 is 1.69 bits per heavy atom. The first-order chi connectivity index (χ1) is 7.65. The number of furan rings is 1. The Kier molecular flexibility index (Phi) is 3.25. The van der Waals surface area contributed by atoms with Gasteiger partial charge >= 0.3 is 5.97 Å². The van der Waals surface area contributed by atoms with Gasteiger partial charge in [-0.2, -0.15) is 11.8 Å². The van der Waals surface area contributed by atoms with Crippen LogP contribution in [0.5, 0.6) is 0 Å². The molecule has 0 amide bonds. The van der Waals surface area contributed by atoms with Crippen molar-refractivity contribution in [2.45, 2.75) is 24.1 Å². The molecule has 1 heterocycles. The summed E-state index contributed by atoms with van der Waals surface area (Å²) in [7, 11) is 0. The number of rotatable bonds is 6. The molecule has 2 N–H and O–H groups in total. The summed E-state index contributed by atoms with van der Waals surface area (Å²) < 4.78 is 5.56. The number of hydrogen-bond acceptors (Lipinski definition) is 4. The second-order valence-corrected chi connectivity index (χ2v) is 5.37. The molecule has 16 heavy (non-hydrogen) atoms. The predicted molar refractivity (Wildman–Crippen MR) is 62.9 cm³/mol. The van der Waals surface area contributed by atoms with E-state index in [4.69, 9.17) is 9.52 Å². The van der Waals surface area contributed by atoms with Crippen LogP contribution in [0.3, 0.4) is 0 Å². The molecule has 0 radical (unpaired) electrons. The van der Waals surface area contributed by atoms with Gasteiger partial charge in [0, 0.05) is 11.3 Å². The van der Waals surface area contributed by atoms with Crippen molar-refractivity contribution >= 4 is 17.7 Å². The molecule has 0 aliphatic heterocycles. The fourth-order valence-electron chi connectivity index (χ4n) is 1.59. The first-order valence-electron chi connectivity index (χ1n) is 5.22. The van der Waals surface area contributed by atoms with Crippen LogP contribution in [0, 0.1) is 0 Å². The van der Waals surface area contributed by atoms with Crippen LogP contribution in [0.1, 0.15) is 29.0 Å².